The van der Waals surface area contributed by atoms with E-state index in [1.54, 1.807) is 6.07 Å². The summed E-state index contributed by atoms with van der Waals surface area (Å²) in [7, 11) is 0. The molecule has 0 spiro atoms. The Bertz CT molecular complexity index is 474. The second-order valence-corrected chi connectivity index (χ2v) is 4.30. The Labute approximate surface area is 101 Å². The van der Waals surface area contributed by atoms with Gasteiger partial charge in [-0.15, -0.1) is 0 Å². The van der Waals surface area contributed by atoms with Gasteiger partial charge in [0.05, 0.1) is 11.6 Å². The molecule has 1 aromatic rings. The molecule has 0 bridgehead atoms. The molecule has 3 heteroatoms. The fourth-order valence-electron chi connectivity index (χ4n) is 1.91. The van der Waals surface area contributed by atoms with E-state index in [-0.39, 0.29) is 18.6 Å². The van der Waals surface area contributed by atoms with Crippen molar-refractivity contribution < 1.29 is 9.84 Å². The van der Waals surface area contributed by atoms with E-state index < -0.39 is 0 Å². The third kappa shape index (κ3) is 2.48. The van der Waals surface area contributed by atoms with Crippen molar-refractivity contribution in [3.05, 3.63) is 35.4 Å². The Kier molecular flexibility index (Phi) is 3.46. The maximum absolute atomic E-state index is 8.92. The minimum absolute atomic E-state index is 0.00239. The van der Waals surface area contributed by atoms with Crippen LogP contribution in [0.25, 0.3) is 6.08 Å². The van der Waals surface area contributed by atoms with E-state index in [0.29, 0.717) is 5.56 Å². The van der Waals surface area contributed by atoms with E-state index in [2.05, 4.69) is 13.0 Å². The van der Waals surface area contributed by atoms with Gasteiger partial charge in [-0.3, -0.25) is 0 Å². The zero-order valence-corrected chi connectivity index (χ0v) is 9.76. The van der Waals surface area contributed by atoms with E-state index in [1.165, 1.54) is 0 Å². The first-order valence-corrected chi connectivity index (χ1v) is 5.74. The quantitative estimate of drug-likeness (QED) is 0.865. The SMILES string of the molecule is C[C@H](CCO)[C@@H]1C=Cc2cc(C#N)ccc2O1. The number of nitrogens with zero attached hydrogens (tertiary/aromatic N) is 1. The van der Waals surface area contributed by atoms with Crippen LogP contribution in [0.15, 0.2) is 24.3 Å². The zero-order valence-electron chi connectivity index (χ0n) is 9.76. The van der Waals surface area contributed by atoms with Crippen LogP contribution in [-0.2, 0) is 0 Å². The molecule has 1 aliphatic heterocycles. The van der Waals surface area contributed by atoms with Crippen LogP contribution in [0, 0.1) is 17.2 Å². The molecule has 1 heterocycles. The number of hydrogen-bond donors (Lipinski definition) is 1. The maximum atomic E-state index is 8.92. The molecule has 0 radical (unpaired) electrons. The van der Waals surface area contributed by atoms with Crippen LogP contribution in [0.2, 0.25) is 0 Å². The lowest BCUT2D eigenvalue weighted by Gasteiger charge is -2.26. The van der Waals surface area contributed by atoms with Gasteiger partial charge in [-0.2, -0.15) is 5.26 Å². The summed E-state index contributed by atoms with van der Waals surface area (Å²) in [6.07, 6.45) is 4.70. The van der Waals surface area contributed by atoms with Crippen LogP contribution < -0.4 is 4.74 Å². The molecule has 0 fully saturated rings. The Morgan fingerprint density at radius 2 is 2.35 bits per heavy atom. The Hall–Kier alpha value is -1.79. The molecule has 88 valence electrons. The van der Waals surface area contributed by atoms with Crippen molar-refractivity contribution in [2.45, 2.75) is 19.4 Å². The number of benzene rings is 1. The van der Waals surface area contributed by atoms with Gasteiger partial charge in [0, 0.05) is 12.2 Å². The first kappa shape index (κ1) is 11.7. The van der Waals surface area contributed by atoms with Gasteiger partial charge in [-0.1, -0.05) is 13.0 Å². The largest absolute Gasteiger partial charge is 0.485 e. The highest BCUT2D eigenvalue weighted by molar-refractivity contribution is 5.62. The molecule has 1 N–H and O–H groups in total. The van der Waals surface area contributed by atoms with E-state index in [9.17, 15) is 0 Å². The number of hydrogen-bond acceptors (Lipinski definition) is 3. The van der Waals surface area contributed by atoms with Crippen molar-refractivity contribution in [2.75, 3.05) is 6.61 Å². The number of aliphatic hydroxyl groups excluding tert-OH is 1. The topological polar surface area (TPSA) is 53.2 Å². The van der Waals surface area contributed by atoms with E-state index in [1.807, 2.05) is 24.3 Å². The fourth-order valence-corrected chi connectivity index (χ4v) is 1.91. The maximum Gasteiger partial charge on any atom is 0.127 e. The van der Waals surface area contributed by atoms with Gasteiger partial charge in [0.25, 0.3) is 0 Å². The minimum Gasteiger partial charge on any atom is -0.485 e. The second-order valence-electron chi connectivity index (χ2n) is 4.30. The van der Waals surface area contributed by atoms with Crippen LogP contribution in [0.1, 0.15) is 24.5 Å². The average molecular weight is 229 g/mol. The highest BCUT2D eigenvalue weighted by Gasteiger charge is 2.20. The molecule has 0 aromatic heterocycles. The lowest BCUT2D eigenvalue weighted by molar-refractivity contribution is 0.155. The minimum atomic E-state index is 0.00239. The van der Waals surface area contributed by atoms with Crippen molar-refractivity contribution in [1.82, 2.24) is 0 Å². The molecule has 0 saturated carbocycles. The molecule has 2 rings (SSSR count). The van der Waals surface area contributed by atoms with Crippen LogP contribution in [0.3, 0.4) is 0 Å². The zero-order chi connectivity index (χ0) is 12.3. The molecule has 0 aliphatic carbocycles. The van der Waals surface area contributed by atoms with Crippen LogP contribution in [-0.4, -0.2) is 17.8 Å². The normalized spacial score (nSPS) is 19.0. The highest BCUT2D eigenvalue weighted by atomic mass is 16.5. The van der Waals surface area contributed by atoms with Crippen LogP contribution in [0.4, 0.5) is 0 Å². The molecule has 0 amide bonds. The Balaban J connectivity index is 2.18. The monoisotopic (exact) mass is 229 g/mol. The van der Waals surface area contributed by atoms with Gasteiger partial charge in [0.1, 0.15) is 11.9 Å². The number of ether oxygens (including phenoxy) is 1. The number of fused-ring (bicyclic) bond motifs is 1. The standard InChI is InChI=1S/C14H15NO2/c1-10(6-7-16)13-5-3-12-8-11(9-15)2-4-14(12)17-13/h2-5,8,10,13,16H,6-7H2,1H3/t10-,13+/m1/s1. The second kappa shape index (κ2) is 5.03. The number of nitriles is 1. The third-order valence-electron chi connectivity index (χ3n) is 3.01. The number of rotatable bonds is 3. The summed E-state index contributed by atoms with van der Waals surface area (Å²) in [4.78, 5) is 0. The molecule has 1 aliphatic rings. The van der Waals surface area contributed by atoms with Gasteiger partial charge < -0.3 is 9.84 Å². The first-order valence-electron chi connectivity index (χ1n) is 5.74. The first-order chi connectivity index (χ1) is 8.24. The molecule has 0 unspecified atom stereocenters. The smallest absolute Gasteiger partial charge is 0.127 e. The molecule has 1 aromatic carbocycles. The molecule has 0 saturated heterocycles. The number of aliphatic hydroxyl groups is 1. The summed E-state index contributed by atoms with van der Waals surface area (Å²) in [6.45, 7) is 2.23. The molecule has 3 nitrogen and oxygen atoms in total. The fraction of sp³-hybridized carbons (Fsp3) is 0.357. The molecule has 2 atom stereocenters. The van der Waals surface area contributed by atoms with Crippen molar-refractivity contribution in [3.63, 3.8) is 0 Å². The summed E-state index contributed by atoms with van der Waals surface area (Å²) >= 11 is 0. The average Bonchev–Trinajstić information content (AvgIpc) is 2.37. The Morgan fingerprint density at radius 1 is 1.53 bits per heavy atom. The third-order valence-corrected chi connectivity index (χ3v) is 3.01. The van der Waals surface area contributed by atoms with Crippen molar-refractivity contribution in [1.29, 1.82) is 5.26 Å². The van der Waals surface area contributed by atoms with Gasteiger partial charge >= 0.3 is 0 Å². The lowest BCUT2D eigenvalue weighted by Crippen LogP contribution is -2.25. The molecular weight excluding hydrogens is 214 g/mol. The van der Waals surface area contributed by atoms with Gasteiger partial charge in [-0.05, 0) is 36.6 Å². The lowest BCUT2D eigenvalue weighted by atomic mass is 9.97. The van der Waals surface area contributed by atoms with Gasteiger partial charge in [0.15, 0.2) is 0 Å². The van der Waals surface area contributed by atoms with E-state index >= 15 is 0 Å². The summed E-state index contributed by atoms with van der Waals surface area (Å²) in [5.41, 5.74) is 1.58. The predicted octanol–water partition coefficient (Wildman–Crippen LogP) is 2.35. The van der Waals surface area contributed by atoms with Crippen LogP contribution in [0.5, 0.6) is 5.75 Å². The van der Waals surface area contributed by atoms with Crippen LogP contribution >= 0.6 is 0 Å². The van der Waals surface area contributed by atoms with E-state index in [0.717, 1.165) is 17.7 Å². The van der Waals surface area contributed by atoms with E-state index in [4.69, 9.17) is 15.1 Å². The molecular formula is C14H15NO2. The highest BCUT2D eigenvalue weighted by Crippen LogP contribution is 2.29. The van der Waals surface area contributed by atoms with Gasteiger partial charge in [0.2, 0.25) is 0 Å². The summed E-state index contributed by atoms with van der Waals surface area (Å²) < 4.78 is 5.84. The summed E-state index contributed by atoms with van der Waals surface area (Å²) in [5.74, 6) is 1.08. The summed E-state index contributed by atoms with van der Waals surface area (Å²) in [6, 6.07) is 7.51. The van der Waals surface area contributed by atoms with Gasteiger partial charge in [-0.25, -0.2) is 0 Å². The Morgan fingerprint density at radius 3 is 3.06 bits per heavy atom. The molecule has 17 heavy (non-hydrogen) atoms. The predicted molar refractivity (Wildman–Crippen MR) is 65.5 cm³/mol. The summed E-state index contributed by atoms with van der Waals surface area (Å²) in [5, 5.41) is 17.7. The van der Waals surface area contributed by atoms with Crippen molar-refractivity contribution in [2.24, 2.45) is 5.92 Å². The van der Waals surface area contributed by atoms with Crippen molar-refractivity contribution >= 4 is 6.08 Å². The van der Waals surface area contributed by atoms with Crippen molar-refractivity contribution in [3.8, 4) is 11.8 Å².